The van der Waals surface area contributed by atoms with Crippen molar-refractivity contribution in [1.29, 1.82) is 0 Å². The van der Waals surface area contributed by atoms with Crippen molar-refractivity contribution in [3.05, 3.63) is 83.9 Å². The first-order valence-corrected chi connectivity index (χ1v) is 14.9. The van der Waals surface area contributed by atoms with E-state index in [0.29, 0.717) is 23.8 Å². The lowest BCUT2D eigenvalue weighted by Crippen LogP contribution is -2.57. The number of carbonyl (C=O) groups excluding carboxylic acids is 3. The highest BCUT2D eigenvalue weighted by atomic mass is 35.5. The zero-order valence-electron chi connectivity index (χ0n) is 22.4. The van der Waals surface area contributed by atoms with Crippen molar-refractivity contribution in [2.24, 2.45) is 17.8 Å². The Morgan fingerprint density at radius 1 is 0.925 bits per heavy atom. The number of hydrogen-bond donors (Lipinski definition) is 1. The lowest BCUT2D eigenvalue weighted by atomic mass is 9.78. The highest BCUT2D eigenvalue weighted by Crippen LogP contribution is 2.61. The highest BCUT2D eigenvalue weighted by Gasteiger charge is 2.72. The Kier molecular flexibility index (Phi) is 7.05. The van der Waals surface area contributed by atoms with Crippen LogP contribution in [0.1, 0.15) is 13.8 Å². The molecule has 2 aromatic rings. The Morgan fingerprint density at radius 3 is 2.25 bits per heavy atom. The smallest absolute Gasteiger partial charge is 0.251 e. The van der Waals surface area contributed by atoms with Crippen molar-refractivity contribution in [3.8, 4) is 0 Å². The van der Waals surface area contributed by atoms with Crippen LogP contribution >= 0.6 is 23.4 Å². The molecule has 4 aliphatic rings. The number of fused-ring (bicyclic) bond motifs is 2. The van der Waals surface area contributed by atoms with Crippen LogP contribution in [0.15, 0.2) is 78.9 Å². The predicted octanol–water partition coefficient (Wildman–Crippen LogP) is 4.16. The van der Waals surface area contributed by atoms with Crippen LogP contribution in [0.2, 0.25) is 5.02 Å². The molecule has 2 fully saturated rings. The molecule has 3 amide bonds. The number of likely N-dealkylation sites (tertiary alicyclic amines) is 1. The summed E-state index contributed by atoms with van der Waals surface area (Å²) in [6.07, 6.45) is 7.96. The summed E-state index contributed by atoms with van der Waals surface area (Å²) in [5.41, 5.74) is 1.46. The lowest BCUT2D eigenvalue weighted by Gasteiger charge is -2.39. The van der Waals surface area contributed by atoms with E-state index in [4.69, 9.17) is 11.6 Å². The molecule has 4 heterocycles. The average molecular weight is 578 g/mol. The van der Waals surface area contributed by atoms with Gasteiger partial charge in [-0.2, -0.15) is 0 Å². The number of benzene rings is 2. The molecule has 0 saturated carbocycles. The molecule has 0 aromatic heterocycles. The second-order valence-electron chi connectivity index (χ2n) is 11.1. The molecule has 1 spiro atoms. The van der Waals surface area contributed by atoms with Crippen molar-refractivity contribution in [1.82, 2.24) is 4.90 Å². The molecule has 0 bridgehead atoms. The fourth-order valence-corrected chi connectivity index (χ4v) is 8.87. The third kappa shape index (κ3) is 4.11. The third-order valence-electron chi connectivity index (χ3n) is 8.62. The molecule has 0 aliphatic carbocycles. The van der Waals surface area contributed by atoms with Gasteiger partial charge in [0.15, 0.2) is 0 Å². The van der Waals surface area contributed by atoms with Gasteiger partial charge < -0.3 is 19.8 Å². The number of carbonyl (C=O) groups is 3. The zero-order valence-corrected chi connectivity index (χ0v) is 24.0. The van der Waals surface area contributed by atoms with Gasteiger partial charge in [0.1, 0.15) is 6.04 Å². The number of aliphatic hydroxyl groups is 1. The Labute approximate surface area is 243 Å². The van der Waals surface area contributed by atoms with Gasteiger partial charge in [0.05, 0.1) is 29.2 Å². The molecule has 4 aliphatic heterocycles. The van der Waals surface area contributed by atoms with E-state index < -0.39 is 28.7 Å². The largest absolute Gasteiger partial charge is 0.394 e. The van der Waals surface area contributed by atoms with E-state index in [1.54, 1.807) is 50.7 Å². The summed E-state index contributed by atoms with van der Waals surface area (Å²) in [5.74, 6) is -2.07. The second kappa shape index (κ2) is 10.4. The molecule has 0 radical (unpaired) electrons. The summed E-state index contributed by atoms with van der Waals surface area (Å²) in [5, 5.41) is 10.8. The topological polar surface area (TPSA) is 81.2 Å². The van der Waals surface area contributed by atoms with E-state index >= 15 is 0 Å². The van der Waals surface area contributed by atoms with E-state index in [2.05, 4.69) is 0 Å². The first-order chi connectivity index (χ1) is 19.3. The standard InChI is InChI=1S/C31H32ClN3O4S/c1-19(2)23(18-36)35-27-30(39)34(22-13-11-20(32)12-14-22)17-7-15-31(27)26(29(35)38)25-24(40-31)10-6-16-33(28(25)37)21-8-4-3-5-9-21/h3-15,19,23-27,36H,16-18H2,1-2H3/t23-,24+,25-,26-,27?,31-/m0/s1. The van der Waals surface area contributed by atoms with Crippen molar-refractivity contribution in [2.75, 3.05) is 29.5 Å². The first kappa shape index (κ1) is 27.1. The first-order valence-electron chi connectivity index (χ1n) is 13.7. The fourth-order valence-electron chi connectivity index (χ4n) is 6.75. The van der Waals surface area contributed by atoms with Crippen molar-refractivity contribution < 1.29 is 19.5 Å². The third-order valence-corrected chi connectivity index (χ3v) is 10.6. The van der Waals surface area contributed by atoms with Crippen LogP contribution in [0, 0.1) is 17.8 Å². The van der Waals surface area contributed by atoms with Crippen LogP contribution in [0.25, 0.3) is 0 Å². The predicted molar refractivity (Wildman–Crippen MR) is 158 cm³/mol. The van der Waals surface area contributed by atoms with Gasteiger partial charge in [0.25, 0.3) is 5.91 Å². The summed E-state index contributed by atoms with van der Waals surface area (Å²) in [4.78, 5) is 48.4. The van der Waals surface area contributed by atoms with Crippen molar-refractivity contribution >= 4 is 52.5 Å². The van der Waals surface area contributed by atoms with E-state index in [1.807, 2.05) is 68.5 Å². The molecule has 40 heavy (non-hydrogen) atoms. The molecule has 7 nitrogen and oxygen atoms in total. The summed E-state index contributed by atoms with van der Waals surface area (Å²) in [7, 11) is 0. The van der Waals surface area contributed by atoms with Crippen LogP contribution in [0.4, 0.5) is 11.4 Å². The molecular formula is C31H32ClN3O4S. The maximum absolute atomic E-state index is 14.5. The maximum Gasteiger partial charge on any atom is 0.251 e. The SMILES string of the molecule is CC(C)[C@H](CO)N1C(=O)[C@@H]2[C@H]3C(=O)N(c4ccccc4)CC=C[C@H]3S[C@@]23C=CCN(c2ccc(Cl)cc2)C(=O)C13. The molecule has 6 atom stereocenters. The number of amides is 3. The van der Waals surface area contributed by atoms with Gasteiger partial charge in [-0.1, -0.05) is 68.0 Å². The average Bonchev–Trinajstić information content (AvgIpc) is 3.25. The number of thioether (sulfide) groups is 1. The molecule has 1 N–H and O–H groups in total. The molecule has 2 aromatic carbocycles. The fraction of sp³-hybridized carbons (Fsp3) is 0.387. The Bertz CT molecular complexity index is 1380. The molecule has 6 rings (SSSR count). The summed E-state index contributed by atoms with van der Waals surface area (Å²) < 4.78 is -0.952. The zero-order chi connectivity index (χ0) is 28.2. The van der Waals surface area contributed by atoms with Crippen LogP contribution in [-0.2, 0) is 14.4 Å². The van der Waals surface area contributed by atoms with Gasteiger partial charge in [0, 0.05) is 34.7 Å². The maximum atomic E-state index is 14.5. The van der Waals surface area contributed by atoms with E-state index in [-0.39, 0.29) is 35.5 Å². The lowest BCUT2D eigenvalue weighted by molar-refractivity contribution is -0.142. The molecule has 208 valence electrons. The number of anilines is 2. The van der Waals surface area contributed by atoms with Gasteiger partial charge in [-0.3, -0.25) is 14.4 Å². The molecule has 9 heteroatoms. The van der Waals surface area contributed by atoms with E-state index in [9.17, 15) is 19.5 Å². The minimum atomic E-state index is -0.952. The number of nitrogens with zero attached hydrogens (tertiary/aromatic N) is 3. The normalized spacial score (nSPS) is 30.3. The van der Waals surface area contributed by atoms with Crippen LogP contribution in [0.5, 0.6) is 0 Å². The minimum absolute atomic E-state index is 0.0970. The number of aliphatic hydroxyl groups excluding tert-OH is 1. The van der Waals surface area contributed by atoms with E-state index in [1.165, 1.54) is 0 Å². The number of hydrogen-bond acceptors (Lipinski definition) is 5. The number of para-hydroxylation sites is 1. The Morgan fingerprint density at radius 2 is 1.57 bits per heavy atom. The van der Waals surface area contributed by atoms with Gasteiger partial charge in [-0.05, 0) is 42.3 Å². The summed E-state index contributed by atoms with van der Waals surface area (Å²) in [6.45, 7) is 4.35. The van der Waals surface area contributed by atoms with Gasteiger partial charge in [0.2, 0.25) is 11.8 Å². The Hall–Kier alpha value is -3.07. The minimum Gasteiger partial charge on any atom is -0.394 e. The van der Waals surface area contributed by atoms with Gasteiger partial charge in [-0.15, -0.1) is 11.8 Å². The monoisotopic (exact) mass is 577 g/mol. The molecular weight excluding hydrogens is 546 g/mol. The highest BCUT2D eigenvalue weighted by molar-refractivity contribution is 8.02. The molecule has 2 saturated heterocycles. The van der Waals surface area contributed by atoms with E-state index in [0.717, 1.165) is 5.69 Å². The van der Waals surface area contributed by atoms with Gasteiger partial charge in [-0.25, -0.2) is 0 Å². The number of rotatable bonds is 5. The molecule has 1 unspecified atom stereocenters. The number of halogens is 1. The van der Waals surface area contributed by atoms with Crippen LogP contribution in [0.3, 0.4) is 0 Å². The Balaban J connectivity index is 1.48. The van der Waals surface area contributed by atoms with Crippen molar-refractivity contribution in [3.63, 3.8) is 0 Å². The van der Waals surface area contributed by atoms with Crippen molar-refractivity contribution in [2.45, 2.75) is 35.9 Å². The van der Waals surface area contributed by atoms with Crippen LogP contribution in [-0.4, -0.2) is 69.5 Å². The second-order valence-corrected chi connectivity index (χ2v) is 13.0. The summed E-state index contributed by atoms with van der Waals surface area (Å²) >= 11 is 7.67. The quantitative estimate of drug-likeness (QED) is 0.540. The summed E-state index contributed by atoms with van der Waals surface area (Å²) in [6, 6.07) is 15.1. The van der Waals surface area contributed by atoms with Gasteiger partial charge >= 0.3 is 0 Å². The van der Waals surface area contributed by atoms with Crippen LogP contribution < -0.4 is 9.80 Å².